The van der Waals surface area contributed by atoms with Crippen LogP contribution >= 0.6 is 0 Å². The first-order chi connectivity index (χ1) is 8.06. The fourth-order valence-electron chi connectivity index (χ4n) is 1.20. The Kier molecular flexibility index (Phi) is 2.73. The van der Waals surface area contributed by atoms with Crippen LogP contribution in [0.3, 0.4) is 0 Å². The molecule has 0 aliphatic carbocycles. The van der Waals surface area contributed by atoms with Gasteiger partial charge in [-0.05, 0) is 18.2 Å². The highest BCUT2D eigenvalue weighted by Crippen LogP contribution is 2.19. The maximum atomic E-state index is 12.9. The van der Waals surface area contributed by atoms with Crippen LogP contribution in [0.15, 0.2) is 22.6 Å². The van der Waals surface area contributed by atoms with Crippen LogP contribution in [0.5, 0.6) is 5.75 Å². The molecule has 0 saturated heterocycles. The number of amides is 1. The van der Waals surface area contributed by atoms with E-state index in [9.17, 15) is 14.3 Å². The molecule has 17 heavy (non-hydrogen) atoms. The van der Waals surface area contributed by atoms with Gasteiger partial charge < -0.3 is 9.52 Å². The van der Waals surface area contributed by atoms with Gasteiger partial charge in [0, 0.05) is 6.92 Å². The summed E-state index contributed by atoms with van der Waals surface area (Å²) in [7, 11) is 0. The van der Waals surface area contributed by atoms with Gasteiger partial charge in [0.2, 0.25) is 5.89 Å². The van der Waals surface area contributed by atoms with Crippen molar-refractivity contribution in [1.82, 2.24) is 10.2 Å². The molecular weight excluding hydrogens is 229 g/mol. The van der Waals surface area contributed by atoms with E-state index in [4.69, 9.17) is 4.42 Å². The number of rotatable bonds is 2. The van der Waals surface area contributed by atoms with Crippen LogP contribution in [-0.4, -0.2) is 21.2 Å². The Morgan fingerprint density at radius 2 is 2.24 bits per heavy atom. The maximum Gasteiger partial charge on any atom is 0.322 e. The lowest BCUT2D eigenvalue weighted by atomic mass is 10.2. The Morgan fingerprint density at radius 3 is 2.88 bits per heavy atom. The van der Waals surface area contributed by atoms with Gasteiger partial charge in [0.25, 0.3) is 5.91 Å². The van der Waals surface area contributed by atoms with E-state index < -0.39 is 11.7 Å². The molecule has 0 bridgehead atoms. The lowest BCUT2D eigenvalue weighted by molar-refractivity contribution is 0.102. The van der Waals surface area contributed by atoms with Crippen LogP contribution in [0.2, 0.25) is 0 Å². The van der Waals surface area contributed by atoms with Gasteiger partial charge in [-0.25, -0.2) is 4.39 Å². The lowest BCUT2D eigenvalue weighted by Gasteiger charge is -2.03. The number of carbonyl (C=O) groups excluding carboxylic acids is 1. The number of hydrogen-bond acceptors (Lipinski definition) is 5. The summed E-state index contributed by atoms with van der Waals surface area (Å²) in [5, 5.41) is 18.7. The number of phenols is 1. The third-order valence-electron chi connectivity index (χ3n) is 1.95. The zero-order chi connectivity index (χ0) is 12.4. The highest BCUT2D eigenvalue weighted by atomic mass is 19.1. The molecule has 1 amide bonds. The molecule has 0 radical (unpaired) electrons. The quantitative estimate of drug-likeness (QED) is 0.825. The van der Waals surface area contributed by atoms with Gasteiger partial charge in [-0.3, -0.25) is 10.1 Å². The number of phenolic OH excluding ortho intramolecular Hbond substituents is 1. The fourth-order valence-corrected chi connectivity index (χ4v) is 1.20. The van der Waals surface area contributed by atoms with Gasteiger partial charge in [-0.1, -0.05) is 5.10 Å². The van der Waals surface area contributed by atoms with Gasteiger partial charge in [0.1, 0.15) is 11.6 Å². The number of benzene rings is 1. The zero-order valence-electron chi connectivity index (χ0n) is 8.77. The number of nitrogens with zero attached hydrogens (tertiary/aromatic N) is 2. The van der Waals surface area contributed by atoms with Crippen molar-refractivity contribution in [2.75, 3.05) is 5.32 Å². The molecule has 0 aliphatic rings. The molecule has 2 N–H and O–H groups in total. The van der Waals surface area contributed by atoms with E-state index in [0.717, 1.165) is 18.2 Å². The Labute approximate surface area is 95.1 Å². The molecule has 1 aromatic heterocycles. The number of nitrogens with one attached hydrogen (secondary N) is 1. The monoisotopic (exact) mass is 237 g/mol. The molecule has 0 unspecified atom stereocenters. The molecule has 0 atom stereocenters. The number of hydrogen-bond donors (Lipinski definition) is 2. The number of aromatic hydroxyl groups is 1. The van der Waals surface area contributed by atoms with E-state index in [2.05, 4.69) is 15.5 Å². The Morgan fingerprint density at radius 1 is 1.47 bits per heavy atom. The maximum absolute atomic E-state index is 12.9. The predicted octanol–water partition coefficient (Wildman–Crippen LogP) is 1.48. The summed E-state index contributed by atoms with van der Waals surface area (Å²) in [6.45, 7) is 1.56. The Balaban J connectivity index is 2.22. The molecule has 2 rings (SSSR count). The van der Waals surface area contributed by atoms with E-state index >= 15 is 0 Å². The van der Waals surface area contributed by atoms with Gasteiger partial charge in [-0.2, -0.15) is 0 Å². The highest BCUT2D eigenvalue weighted by Gasteiger charge is 2.14. The zero-order valence-corrected chi connectivity index (χ0v) is 8.77. The SMILES string of the molecule is Cc1nnc(NC(=O)c2cc(F)ccc2O)o1. The van der Waals surface area contributed by atoms with E-state index in [1.807, 2.05) is 0 Å². The van der Waals surface area contributed by atoms with Crippen molar-refractivity contribution in [3.05, 3.63) is 35.5 Å². The molecule has 1 heterocycles. The summed E-state index contributed by atoms with van der Waals surface area (Å²) in [4.78, 5) is 11.6. The van der Waals surface area contributed by atoms with Gasteiger partial charge in [-0.15, -0.1) is 5.10 Å². The molecule has 1 aromatic carbocycles. The molecule has 7 heteroatoms. The van der Waals surface area contributed by atoms with E-state index in [1.165, 1.54) is 0 Å². The largest absolute Gasteiger partial charge is 0.507 e. The van der Waals surface area contributed by atoms with Crippen LogP contribution < -0.4 is 5.32 Å². The van der Waals surface area contributed by atoms with E-state index in [1.54, 1.807) is 6.92 Å². The number of carbonyl (C=O) groups is 1. The summed E-state index contributed by atoms with van der Waals surface area (Å²) in [5.41, 5.74) is -0.208. The second-order valence-corrected chi connectivity index (χ2v) is 3.24. The number of aryl methyl sites for hydroxylation is 1. The third kappa shape index (κ3) is 2.39. The summed E-state index contributed by atoms with van der Waals surface area (Å²) >= 11 is 0. The third-order valence-corrected chi connectivity index (χ3v) is 1.95. The summed E-state index contributed by atoms with van der Waals surface area (Å²) in [6.07, 6.45) is 0. The summed E-state index contributed by atoms with van der Waals surface area (Å²) in [6, 6.07) is 2.93. The first kappa shape index (κ1) is 11.1. The van der Waals surface area contributed by atoms with Crippen molar-refractivity contribution in [2.45, 2.75) is 6.92 Å². The Bertz CT molecular complexity index is 568. The van der Waals surface area contributed by atoms with Crippen LogP contribution in [0, 0.1) is 12.7 Å². The number of aromatic nitrogens is 2. The molecule has 0 aliphatic heterocycles. The smallest absolute Gasteiger partial charge is 0.322 e. The average molecular weight is 237 g/mol. The second kappa shape index (κ2) is 4.20. The van der Waals surface area contributed by atoms with Crippen LogP contribution in [-0.2, 0) is 0 Å². The van der Waals surface area contributed by atoms with Crippen molar-refractivity contribution in [3.63, 3.8) is 0 Å². The minimum Gasteiger partial charge on any atom is -0.507 e. The summed E-state index contributed by atoms with van der Waals surface area (Å²) in [5.74, 6) is -1.41. The van der Waals surface area contributed by atoms with E-state index in [-0.39, 0.29) is 23.2 Å². The predicted molar refractivity (Wildman–Crippen MR) is 55.1 cm³/mol. The van der Waals surface area contributed by atoms with Crippen LogP contribution in [0.25, 0.3) is 0 Å². The van der Waals surface area contributed by atoms with Crippen molar-refractivity contribution in [3.8, 4) is 5.75 Å². The molecule has 2 aromatic rings. The number of anilines is 1. The molecule has 0 fully saturated rings. The van der Waals surface area contributed by atoms with Crippen LogP contribution in [0.4, 0.5) is 10.4 Å². The van der Waals surface area contributed by atoms with Crippen molar-refractivity contribution >= 4 is 11.9 Å². The second-order valence-electron chi connectivity index (χ2n) is 3.24. The first-order valence-corrected chi connectivity index (χ1v) is 4.66. The molecular formula is C10H8FN3O3. The molecule has 0 spiro atoms. The molecule has 0 saturated carbocycles. The standard InChI is InChI=1S/C10H8FN3O3/c1-5-13-14-10(17-5)12-9(16)7-4-6(11)2-3-8(7)15/h2-4,15H,1H3,(H,12,14,16). The Hall–Kier alpha value is -2.44. The van der Waals surface area contributed by atoms with Gasteiger partial charge in [0.15, 0.2) is 0 Å². The van der Waals surface area contributed by atoms with Gasteiger partial charge in [0.05, 0.1) is 5.56 Å². The van der Waals surface area contributed by atoms with E-state index in [0.29, 0.717) is 0 Å². The topological polar surface area (TPSA) is 88.2 Å². The number of halogens is 1. The van der Waals surface area contributed by atoms with Crippen molar-refractivity contribution in [1.29, 1.82) is 0 Å². The highest BCUT2D eigenvalue weighted by molar-refractivity contribution is 6.05. The summed E-state index contributed by atoms with van der Waals surface area (Å²) < 4.78 is 17.8. The minimum atomic E-state index is -0.731. The van der Waals surface area contributed by atoms with Crippen molar-refractivity contribution in [2.24, 2.45) is 0 Å². The minimum absolute atomic E-state index is 0.115. The average Bonchev–Trinajstić information content (AvgIpc) is 2.67. The lowest BCUT2D eigenvalue weighted by Crippen LogP contribution is -2.12. The fraction of sp³-hybridized carbons (Fsp3) is 0.100. The normalized spacial score (nSPS) is 10.2. The van der Waals surface area contributed by atoms with Crippen LogP contribution in [0.1, 0.15) is 16.2 Å². The van der Waals surface area contributed by atoms with Crippen molar-refractivity contribution < 1.29 is 18.7 Å². The molecule has 6 nitrogen and oxygen atoms in total. The molecule has 88 valence electrons. The van der Waals surface area contributed by atoms with Gasteiger partial charge >= 0.3 is 6.01 Å². The first-order valence-electron chi connectivity index (χ1n) is 4.66.